The zero-order valence-corrected chi connectivity index (χ0v) is 14.3. The van der Waals surface area contributed by atoms with Crippen molar-refractivity contribution in [3.05, 3.63) is 29.3 Å². The van der Waals surface area contributed by atoms with Crippen molar-refractivity contribution in [3.8, 4) is 0 Å². The van der Waals surface area contributed by atoms with Gasteiger partial charge < -0.3 is 16.4 Å². The molecule has 5 N–H and O–H groups in total. The highest BCUT2D eigenvalue weighted by Crippen LogP contribution is 2.23. The van der Waals surface area contributed by atoms with Crippen molar-refractivity contribution in [2.45, 2.75) is 44.8 Å². The van der Waals surface area contributed by atoms with Gasteiger partial charge in [-0.05, 0) is 24.0 Å². The molecule has 0 aromatic heterocycles. The first-order valence-electron chi connectivity index (χ1n) is 7.86. The van der Waals surface area contributed by atoms with Gasteiger partial charge in [-0.15, -0.1) is 11.8 Å². The van der Waals surface area contributed by atoms with Gasteiger partial charge in [0.15, 0.2) is 0 Å². The fourth-order valence-corrected chi connectivity index (χ4v) is 3.40. The lowest BCUT2D eigenvalue weighted by molar-refractivity contribution is -0.123. The SMILES string of the molecule is CCc1cccc(CC)c1NC(=O)CSC1NC(=O)CC(N)N1. The van der Waals surface area contributed by atoms with Crippen molar-refractivity contribution in [2.75, 3.05) is 11.1 Å². The molecule has 1 saturated heterocycles. The summed E-state index contributed by atoms with van der Waals surface area (Å²) in [6, 6.07) is 6.08. The number of hydrogen-bond acceptors (Lipinski definition) is 5. The average molecular weight is 336 g/mol. The number of hydrogen-bond donors (Lipinski definition) is 4. The van der Waals surface area contributed by atoms with Gasteiger partial charge in [0.1, 0.15) is 5.50 Å². The minimum atomic E-state index is -0.364. The Morgan fingerprint density at radius 2 is 2.00 bits per heavy atom. The van der Waals surface area contributed by atoms with E-state index in [-0.39, 0.29) is 35.7 Å². The van der Waals surface area contributed by atoms with E-state index in [9.17, 15) is 9.59 Å². The fourth-order valence-electron chi connectivity index (χ4n) is 2.53. The van der Waals surface area contributed by atoms with Crippen LogP contribution in [0.1, 0.15) is 31.4 Å². The molecule has 0 saturated carbocycles. The van der Waals surface area contributed by atoms with Crippen molar-refractivity contribution in [3.63, 3.8) is 0 Å². The van der Waals surface area contributed by atoms with Gasteiger partial charge in [-0.3, -0.25) is 14.9 Å². The molecule has 1 aliphatic heterocycles. The van der Waals surface area contributed by atoms with E-state index >= 15 is 0 Å². The maximum absolute atomic E-state index is 12.3. The molecule has 1 heterocycles. The molecule has 6 nitrogen and oxygen atoms in total. The molecule has 2 unspecified atom stereocenters. The summed E-state index contributed by atoms with van der Waals surface area (Å²) in [5.74, 6) is 0.0610. The van der Waals surface area contributed by atoms with Crippen LogP contribution in [0.15, 0.2) is 18.2 Å². The third-order valence-electron chi connectivity index (χ3n) is 3.71. The van der Waals surface area contributed by atoms with E-state index in [1.54, 1.807) is 0 Å². The number of thioether (sulfide) groups is 1. The van der Waals surface area contributed by atoms with Crippen LogP contribution in [-0.2, 0) is 22.4 Å². The van der Waals surface area contributed by atoms with Gasteiger partial charge in [-0.25, -0.2) is 0 Å². The Bertz CT molecular complexity index is 557. The zero-order valence-electron chi connectivity index (χ0n) is 13.5. The number of carbonyl (C=O) groups excluding carboxylic acids is 2. The number of para-hydroxylation sites is 1. The Morgan fingerprint density at radius 3 is 2.57 bits per heavy atom. The molecule has 2 atom stereocenters. The second-order valence-electron chi connectivity index (χ2n) is 5.44. The molecule has 7 heteroatoms. The van der Waals surface area contributed by atoms with E-state index in [1.807, 2.05) is 18.2 Å². The first-order valence-corrected chi connectivity index (χ1v) is 8.91. The van der Waals surface area contributed by atoms with Crippen LogP contribution in [0, 0.1) is 0 Å². The number of anilines is 1. The molecule has 1 fully saturated rings. The van der Waals surface area contributed by atoms with Crippen molar-refractivity contribution >= 4 is 29.3 Å². The molecule has 2 amide bonds. The summed E-state index contributed by atoms with van der Waals surface area (Å²) in [6.07, 6.45) is 1.63. The third kappa shape index (κ3) is 4.95. The van der Waals surface area contributed by atoms with Crippen LogP contribution in [0.2, 0.25) is 0 Å². The van der Waals surface area contributed by atoms with E-state index in [0.29, 0.717) is 0 Å². The van der Waals surface area contributed by atoms with Gasteiger partial charge in [-0.2, -0.15) is 0 Å². The van der Waals surface area contributed by atoms with E-state index in [2.05, 4.69) is 29.8 Å². The summed E-state index contributed by atoms with van der Waals surface area (Å²) in [4.78, 5) is 23.7. The van der Waals surface area contributed by atoms with E-state index in [0.717, 1.165) is 29.7 Å². The van der Waals surface area contributed by atoms with E-state index in [1.165, 1.54) is 11.8 Å². The number of amides is 2. The normalized spacial score (nSPS) is 20.9. The van der Waals surface area contributed by atoms with Crippen LogP contribution in [0.5, 0.6) is 0 Å². The number of aryl methyl sites for hydroxylation is 2. The maximum atomic E-state index is 12.3. The van der Waals surface area contributed by atoms with E-state index in [4.69, 9.17) is 5.73 Å². The number of nitrogens with two attached hydrogens (primary N) is 1. The first-order chi connectivity index (χ1) is 11.0. The van der Waals surface area contributed by atoms with E-state index < -0.39 is 0 Å². The fraction of sp³-hybridized carbons (Fsp3) is 0.500. The minimum Gasteiger partial charge on any atom is -0.332 e. The Morgan fingerprint density at radius 1 is 1.35 bits per heavy atom. The summed E-state index contributed by atoms with van der Waals surface area (Å²) in [5, 5.41) is 8.82. The monoisotopic (exact) mass is 336 g/mol. The predicted octanol–water partition coefficient (Wildman–Crippen LogP) is 1.16. The highest BCUT2D eigenvalue weighted by Gasteiger charge is 2.24. The summed E-state index contributed by atoms with van der Waals surface area (Å²) in [5.41, 5.74) is 8.59. The molecule has 0 aliphatic carbocycles. The summed E-state index contributed by atoms with van der Waals surface area (Å²) in [7, 11) is 0. The second-order valence-corrected chi connectivity index (χ2v) is 6.54. The second kappa shape index (κ2) is 8.33. The van der Waals surface area contributed by atoms with Gasteiger partial charge >= 0.3 is 0 Å². The summed E-state index contributed by atoms with van der Waals surface area (Å²) in [6.45, 7) is 4.14. The quantitative estimate of drug-likeness (QED) is 0.625. The number of carbonyl (C=O) groups is 2. The molecule has 23 heavy (non-hydrogen) atoms. The molecule has 1 aliphatic rings. The standard InChI is InChI=1S/C16H24N4O2S/c1-3-10-6-5-7-11(4-2)15(10)19-14(22)9-23-16-18-12(17)8-13(21)20-16/h5-7,12,16,18H,3-4,8-9,17H2,1-2H3,(H,19,22)(H,20,21). The molecule has 2 rings (SSSR count). The largest absolute Gasteiger partial charge is 0.332 e. The lowest BCUT2D eigenvalue weighted by Gasteiger charge is -2.28. The van der Waals surface area contributed by atoms with Gasteiger partial charge in [0.2, 0.25) is 11.8 Å². The van der Waals surface area contributed by atoms with Crippen LogP contribution < -0.4 is 21.7 Å². The lowest BCUT2D eigenvalue weighted by atomic mass is 10.0. The average Bonchev–Trinajstić information content (AvgIpc) is 2.52. The molecular formula is C16H24N4O2S. The topological polar surface area (TPSA) is 96.2 Å². The highest BCUT2D eigenvalue weighted by molar-refractivity contribution is 8.00. The minimum absolute atomic E-state index is 0.0826. The number of nitrogens with one attached hydrogen (secondary N) is 3. The lowest BCUT2D eigenvalue weighted by Crippen LogP contribution is -2.58. The predicted molar refractivity (Wildman–Crippen MR) is 93.9 cm³/mol. The smallest absolute Gasteiger partial charge is 0.234 e. The van der Waals surface area contributed by atoms with Crippen LogP contribution in [0.3, 0.4) is 0 Å². The molecule has 1 aromatic rings. The Kier molecular flexibility index (Phi) is 6.44. The molecule has 1 aromatic carbocycles. The molecule has 0 radical (unpaired) electrons. The Labute approximate surface area is 141 Å². The third-order valence-corrected chi connectivity index (χ3v) is 4.72. The van der Waals surface area contributed by atoms with Crippen LogP contribution in [0.4, 0.5) is 5.69 Å². The summed E-state index contributed by atoms with van der Waals surface area (Å²) < 4.78 is 0. The van der Waals surface area contributed by atoms with Crippen molar-refractivity contribution in [1.82, 2.24) is 10.6 Å². The Hall–Kier alpha value is -1.57. The van der Waals surface area contributed by atoms with Gasteiger partial charge in [0.25, 0.3) is 0 Å². The van der Waals surface area contributed by atoms with Crippen LogP contribution >= 0.6 is 11.8 Å². The number of rotatable bonds is 6. The van der Waals surface area contributed by atoms with Crippen molar-refractivity contribution < 1.29 is 9.59 Å². The number of benzene rings is 1. The van der Waals surface area contributed by atoms with Crippen LogP contribution in [-0.4, -0.2) is 29.2 Å². The van der Waals surface area contributed by atoms with Gasteiger partial charge in [0.05, 0.1) is 18.3 Å². The first kappa shape index (κ1) is 17.8. The van der Waals surface area contributed by atoms with Crippen molar-refractivity contribution in [1.29, 1.82) is 0 Å². The highest BCUT2D eigenvalue weighted by atomic mass is 32.2. The molecular weight excluding hydrogens is 312 g/mol. The zero-order chi connectivity index (χ0) is 16.8. The van der Waals surface area contributed by atoms with Gasteiger partial charge in [0, 0.05) is 5.69 Å². The maximum Gasteiger partial charge on any atom is 0.234 e. The van der Waals surface area contributed by atoms with Gasteiger partial charge in [-0.1, -0.05) is 32.0 Å². The molecule has 126 valence electrons. The summed E-state index contributed by atoms with van der Waals surface area (Å²) >= 11 is 1.32. The Balaban J connectivity index is 1.94. The molecule has 0 spiro atoms. The molecule has 0 bridgehead atoms. The van der Waals surface area contributed by atoms with Crippen LogP contribution in [0.25, 0.3) is 0 Å². The van der Waals surface area contributed by atoms with Crippen molar-refractivity contribution in [2.24, 2.45) is 5.73 Å².